The molecule has 0 aliphatic heterocycles. The number of nitrogens with zero attached hydrogens (tertiary/aromatic N) is 1. The average Bonchev–Trinajstić information content (AvgIpc) is 2.16. The minimum Gasteiger partial charge on any atom is -0.481 e. The van der Waals surface area contributed by atoms with Crippen LogP contribution in [-0.2, 0) is 6.42 Å². The van der Waals surface area contributed by atoms with Crippen molar-refractivity contribution in [1.29, 1.82) is 0 Å². The summed E-state index contributed by atoms with van der Waals surface area (Å²) in [5.41, 5.74) is 1.48. The first-order valence-corrected chi connectivity index (χ1v) is 3.80. The highest BCUT2D eigenvalue weighted by atomic mass is 16.5. The van der Waals surface area contributed by atoms with Crippen molar-refractivity contribution < 1.29 is 9.53 Å². The molecule has 1 rings (SSSR count). The number of aromatic nitrogens is 1. The molecule has 0 saturated heterocycles. The summed E-state index contributed by atoms with van der Waals surface area (Å²) in [6, 6.07) is 3.59. The molecule has 12 heavy (non-hydrogen) atoms. The molecule has 64 valence electrons. The van der Waals surface area contributed by atoms with Crippen LogP contribution in [-0.4, -0.2) is 18.4 Å². The lowest BCUT2D eigenvalue weighted by atomic mass is 10.2. The average molecular weight is 165 g/mol. The van der Waals surface area contributed by atoms with Crippen molar-refractivity contribution in [3.05, 3.63) is 23.4 Å². The summed E-state index contributed by atoms with van der Waals surface area (Å²) in [4.78, 5) is 14.4. The summed E-state index contributed by atoms with van der Waals surface area (Å²) >= 11 is 0. The highest BCUT2D eigenvalue weighted by Crippen LogP contribution is 2.11. The summed E-state index contributed by atoms with van der Waals surface area (Å²) in [6.07, 6.45) is 1.60. The molecular weight excluding hydrogens is 154 g/mol. The number of aldehydes is 1. The van der Waals surface area contributed by atoms with E-state index in [0.29, 0.717) is 11.6 Å². The zero-order valence-corrected chi connectivity index (χ0v) is 7.20. The van der Waals surface area contributed by atoms with Crippen molar-refractivity contribution >= 4 is 6.29 Å². The van der Waals surface area contributed by atoms with Crippen molar-refractivity contribution in [3.63, 3.8) is 0 Å². The van der Waals surface area contributed by atoms with E-state index < -0.39 is 0 Å². The Labute approximate surface area is 71.4 Å². The lowest BCUT2D eigenvalue weighted by molar-refractivity contribution is 0.111. The van der Waals surface area contributed by atoms with Crippen molar-refractivity contribution in [2.24, 2.45) is 0 Å². The van der Waals surface area contributed by atoms with Crippen LogP contribution < -0.4 is 4.74 Å². The number of rotatable bonds is 3. The van der Waals surface area contributed by atoms with E-state index in [4.69, 9.17) is 4.74 Å². The first-order chi connectivity index (χ1) is 5.80. The predicted octanol–water partition coefficient (Wildman–Crippen LogP) is 1.47. The lowest BCUT2D eigenvalue weighted by Crippen LogP contribution is -1.94. The largest absolute Gasteiger partial charge is 0.481 e. The topological polar surface area (TPSA) is 39.2 Å². The van der Waals surface area contributed by atoms with Gasteiger partial charge < -0.3 is 4.74 Å². The van der Waals surface area contributed by atoms with Crippen LogP contribution in [0.15, 0.2) is 12.1 Å². The molecule has 0 radical (unpaired) electrons. The van der Waals surface area contributed by atoms with Crippen LogP contribution >= 0.6 is 0 Å². The number of hydrogen-bond acceptors (Lipinski definition) is 3. The molecule has 1 heterocycles. The zero-order valence-electron chi connectivity index (χ0n) is 7.20. The Balaban J connectivity index is 3.09. The van der Waals surface area contributed by atoms with E-state index in [1.54, 1.807) is 6.07 Å². The first kappa shape index (κ1) is 8.71. The molecule has 0 aromatic carbocycles. The minimum atomic E-state index is 0.422. The summed E-state index contributed by atoms with van der Waals surface area (Å²) in [5.74, 6) is 0.497. The normalized spacial score (nSPS) is 9.50. The number of ether oxygens (including phenoxy) is 1. The Morgan fingerprint density at radius 1 is 1.58 bits per heavy atom. The summed E-state index contributed by atoms with van der Waals surface area (Å²) in [5, 5.41) is 0. The third-order valence-electron chi connectivity index (χ3n) is 1.62. The monoisotopic (exact) mass is 165 g/mol. The van der Waals surface area contributed by atoms with Crippen LogP contribution in [0, 0.1) is 0 Å². The smallest absolute Gasteiger partial charge is 0.213 e. The van der Waals surface area contributed by atoms with E-state index in [1.165, 1.54) is 7.11 Å². The quantitative estimate of drug-likeness (QED) is 0.636. The Morgan fingerprint density at radius 2 is 2.33 bits per heavy atom. The maximum atomic E-state index is 10.4. The molecule has 0 aliphatic carbocycles. The van der Waals surface area contributed by atoms with Gasteiger partial charge in [-0.1, -0.05) is 6.92 Å². The van der Waals surface area contributed by atoms with Crippen LogP contribution in [0.1, 0.15) is 23.0 Å². The molecule has 3 nitrogen and oxygen atoms in total. The Kier molecular flexibility index (Phi) is 2.80. The van der Waals surface area contributed by atoms with Gasteiger partial charge in [0.2, 0.25) is 5.88 Å². The number of methoxy groups -OCH3 is 1. The van der Waals surface area contributed by atoms with Gasteiger partial charge in [0.05, 0.1) is 7.11 Å². The summed E-state index contributed by atoms with van der Waals surface area (Å²) < 4.78 is 4.93. The lowest BCUT2D eigenvalue weighted by Gasteiger charge is -2.02. The van der Waals surface area contributed by atoms with E-state index in [0.717, 1.165) is 18.3 Å². The number of pyridine rings is 1. The molecule has 0 unspecified atom stereocenters. The summed E-state index contributed by atoms with van der Waals surface area (Å²) in [7, 11) is 1.54. The van der Waals surface area contributed by atoms with Gasteiger partial charge >= 0.3 is 0 Å². The second-order valence-corrected chi connectivity index (χ2v) is 2.41. The van der Waals surface area contributed by atoms with Crippen LogP contribution in [0.3, 0.4) is 0 Å². The van der Waals surface area contributed by atoms with Gasteiger partial charge in [0.15, 0.2) is 6.29 Å². The second-order valence-electron chi connectivity index (χ2n) is 2.41. The molecule has 0 spiro atoms. The molecular formula is C9H11NO2. The zero-order chi connectivity index (χ0) is 8.97. The number of carbonyl (C=O) groups is 1. The molecule has 0 N–H and O–H groups in total. The van der Waals surface area contributed by atoms with Gasteiger partial charge in [-0.2, -0.15) is 0 Å². The minimum absolute atomic E-state index is 0.422. The Hall–Kier alpha value is -1.38. The van der Waals surface area contributed by atoms with Crippen molar-refractivity contribution in [2.45, 2.75) is 13.3 Å². The van der Waals surface area contributed by atoms with Gasteiger partial charge in [-0.15, -0.1) is 0 Å². The van der Waals surface area contributed by atoms with Gasteiger partial charge in [-0.05, 0) is 18.1 Å². The molecule has 0 saturated carbocycles. The molecule has 0 atom stereocenters. The van der Waals surface area contributed by atoms with E-state index in [1.807, 2.05) is 13.0 Å². The molecule has 1 aromatic heterocycles. The van der Waals surface area contributed by atoms with Crippen molar-refractivity contribution in [1.82, 2.24) is 4.98 Å². The van der Waals surface area contributed by atoms with Gasteiger partial charge in [0.25, 0.3) is 0 Å². The van der Waals surface area contributed by atoms with E-state index in [9.17, 15) is 4.79 Å². The molecule has 0 bridgehead atoms. The fraction of sp³-hybridized carbons (Fsp3) is 0.333. The third kappa shape index (κ3) is 1.81. The van der Waals surface area contributed by atoms with Gasteiger partial charge in [0, 0.05) is 6.07 Å². The first-order valence-electron chi connectivity index (χ1n) is 3.80. The van der Waals surface area contributed by atoms with Gasteiger partial charge in [0.1, 0.15) is 5.69 Å². The maximum absolute atomic E-state index is 10.4. The van der Waals surface area contributed by atoms with Crippen molar-refractivity contribution in [3.8, 4) is 5.88 Å². The van der Waals surface area contributed by atoms with Crippen LogP contribution in [0.25, 0.3) is 0 Å². The van der Waals surface area contributed by atoms with E-state index >= 15 is 0 Å². The number of aryl methyl sites for hydroxylation is 1. The molecule has 3 heteroatoms. The molecule has 1 aromatic rings. The van der Waals surface area contributed by atoms with Gasteiger partial charge in [-0.3, -0.25) is 4.79 Å². The van der Waals surface area contributed by atoms with Crippen LogP contribution in [0.2, 0.25) is 0 Å². The van der Waals surface area contributed by atoms with Crippen molar-refractivity contribution in [2.75, 3.05) is 7.11 Å². The molecule has 0 fully saturated rings. The fourth-order valence-electron chi connectivity index (χ4n) is 0.951. The Morgan fingerprint density at radius 3 is 2.83 bits per heavy atom. The SMILES string of the molecule is CCc1cc(C=O)nc(OC)c1. The molecule has 0 amide bonds. The predicted molar refractivity (Wildman–Crippen MR) is 45.6 cm³/mol. The number of carbonyl (C=O) groups excluding carboxylic acids is 1. The van der Waals surface area contributed by atoms with Crippen LogP contribution in [0.4, 0.5) is 0 Å². The van der Waals surface area contributed by atoms with E-state index in [2.05, 4.69) is 4.98 Å². The fourth-order valence-corrected chi connectivity index (χ4v) is 0.951. The highest BCUT2D eigenvalue weighted by molar-refractivity contribution is 5.72. The number of hydrogen-bond donors (Lipinski definition) is 0. The molecule has 0 aliphatic rings. The van der Waals surface area contributed by atoms with E-state index in [-0.39, 0.29) is 0 Å². The second kappa shape index (κ2) is 3.85. The van der Waals surface area contributed by atoms with Crippen LogP contribution in [0.5, 0.6) is 5.88 Å². The highest BCUT2D eigenvalue weighted by Gasteiger charge is 1.99. The third-order valence-corrected chi connectivity index (χ3v) is 1.62. The Bertz CT molecular complexity index is 262. The maximum Gasteiger partial charge on any atom is 0.213 e. The standard InChI is InChI=1S/C9H11NO2/c1-3-7-4-8(6-11)10-9(5-7)12-2/h4-6H,3H2,1-2H3. The van der Waals surface area contributed by atoms with Gasteiger partial charge in [-0.25, -0.2) is 4.98 Å². The summed E-state index contributed by atoms with van der Waals surface area (Å²) in [6.45, 7) is 2.02.